The summed E-state index contributed by atoms with van der Waals surface area (Å²) in [4.78, 5) is 0. The molecule has 0 saturated carbocycles. The predicted octanol–water partition coefficient (Wildman–Crippen LogP) is 5.79. The first kappa shape index (κ1) is 20.0. The van der Waals surface area contributed by atoms with Crippen LogP contribution in [0.25, 0.3) is 0 Å². The zero-order valence-corrected chi connectivity index (χ0v) is 14.1. The molecule has 1 atom stereocenters. The van der Waals surface area contributed by atoms with Gasteiger partial charge in [-0.2, -0.15) is 0 Å². The second-order valence-corrected chi connectivity index (χ2v) is 5.60. The van der Waals surface area contributed by atoms with Crippen molar-refractivity contribution in [3.8, 4) is 11.8 Å². The molecule has 0 heterocycles. The van der Waals surface area contributed by atoms with E-state index < -0.39 is 0 Å². The van der Waals surface area contributed by atoms with E-state index in [9.17, 15) is 5.11 Å². The first-order valence-electron chi connectivity index (χ1n) is 8.79. The molecule has 0 radical (unpaired) electrons. The normalized spacial score (nSPS) is 12.7. The molecule has 0 amide bonds. The number of rotatable bonds is 12. The SMILES string of the molecule is CCCC/C=C\CCCCC#C/C=C/C(O)CCCCC. The second kappa shape index (κ2) is 17.1. The quantitative estimate of drug-likeness (QED) is 0.274. The Morgan fingerprint density at radius 1 is 0.905 bits per heavy atom. The van der Waals surface area contributed by atoms with Crippen LogP contribution in [0, 0.1) is 11.8 Å². The molecular formula is C20H34O. The molecule has 1 unspecified atom stereocenters. The first-order chi connectivity index (χ1) is 10.3. The van der Waals surface area contributed by atoms with Gasteiger partial charge < -0.3 is 5.11 Å². The molecule has 120 valence electrons. The molecule has 0 aliphatic heterocycles. The van der Waals surface area contributed by atoms with Crippen LogP contribution >= 0.6 is 0 Å². The maximum Gasteiger partial charge on any atom is 0.0730 e. The highest BCUT2D eigenvalue weighted by Crippen LogP contribution is 2.04. The van der Waals surface area contributed by atoms with E-state index in [0.717, 1.165) is 25.7 Å². The second-order valence-electron chi connectivity index (χ2n) is 5.60. The monoisotopic (exact) mass is 290 g/mol. The average Bonchev–Trinajstić information content (AvgIpc) is 2.48. The van der Waals surface area contributed by atoms with Gasteiger partial charge >= 0.3 is 0 Å². The Morgan fingerprint density at radius 2 is 1.62 bits per heavy atom. The highest BCUT2D eigenvalue weighted by Gasteiger charge is 1.96. The van der Waals surface area contributed by atoms with Crippen LogP contribution in [-0.2, 0) is 0 Å². The van der Waals surface area contributed by atoms with Crippen molar-refractivity contribution in [1.29, 1.82) is 0 Å². The van der Waals surface area contributed by atoms with E-state index in [-0.39, 0.29) is 6.10 Å². The minimum absolute atomic E-state index is 0.320. The van der Waals surface area contributed by atoms with Crippen molar-refractivity contribution in [2.75, 3.05) is 0 Å². The molecule has 0 aromatic heterocycles. The lowest BCUT2D eigenvalue weighted by atomic mass is 10.1. The molecule has 0 aromatic carbocycles. The van der Waals surface area contributed by atoms with Gasteiger partial charge in [-0.1, -0.05) is 69.9 Å². The Labute approximate surface area is 132 Å². The number of unbranched alkanes of at least 4 members (excludes halogenated alkanes) is 7. The Morgan fingerprint density at radius 3 is 2.33 bits per heavy atom. The summed E-state index contributed by atoms with van der Waals surface area (Å²) in [6, 6.07) is 0. The van der Waals surface area contributed by atoms with E-state index in [0.29, 0.717) is 0 Å². The Balaban J connectivity index is 3.46. The average molecular weight is 290 g/mol. The van der Waals surface area contributed by atoms with Crippen LogP contribution in [0.15, 0.2) is 24.3 Å². The van der Waals surface area contributed by atoms with E-state index in [4.69, 9.17) is 0 Å². The first-order valence-corrected chi connectivity index (χ1v) is 8.79. The summed E-state index contributed by atoms with van der Waals surface area (Å²) >= 11 is 0. The lowest BCUT2D eigenvalue weighted by Gasteiger charge is -2.02. The molecule has 1 heteroatoms. The third-order valence-electron chi connectivity index (χ3n) is 3.42. The minimum atomic E-state index is -0.320. The molecular weight excluding hydrogens is 256 g/mol. The highest BCUT2D eigenvalue weighted by molar-refractivity contribution is 5.16. The zero-order valence-electron chi connectivity index (χ0n) is 14.1. The summed E-state index contributed by atoms with van der Waals surface area (Å²) in [6.07, 6.45) is 20.6. The van der Waals surface area contributed by atoms with Crippen molar-refractivity contribution in [2.45, 2.75) is 90.6 Å². The van der Waals surface area contributed by atoms with Crippen molar-refractivity contribution in [3.05, 3.63) is 24.3 Å². The van der Waals surface area contributed by atoms with Crippen molar-refractivity contribution in [1.82, 2.24) is 0 Å². The van der Waals surface area contributed by atoms with Crippen molar-refractivity contribution in [3.63, 3.8) is 0 Å². The Hall–Kier alpha value is -1.00. The van der Waals surface area contributed by atoms with Crippen molar-refractivity contribution >= 4 is 0 Å². The third-order valence-corrected chi connectivity index (χ3v) is 3.42. The van der Waals surface area contributed by atoms with E-state index in [1.54, 1.807) is 6.08 Å². The molecule has 0 fully saturated rings. The standard InChI is InChI=1S/C20H34O/c1-3-5-7-8-9-10-11-12-13-14-15-17-19-20(21)18-16-6-4-2/h8-9,17,19-21H,3-7,10-13,16,18H2,1-2H3/b9-8-,19-17+. The van der Waals surface area contributed by atoms with Gasteiger partial charge in [-0.25, -0.2) is 0 Å². The number of aliphatic hydroxyl groups excluding tert-OH is 1. The van der Waals surface area contributed by atoms with Crippen LogP contribution in [-0.4, -0.2) is 11.2 Å². The molecule has 0 aliphatic carbocycles. The highest BCUT2D eigenvalue weighted by atomic mass is 16.3. The third kappa shape index (κ3) is 16.9. The molecule has 1 nitrogen and oxygen atoms in total. The molecule has 21 heavy (non-hydrogen) atoms. The van der Waals surface area contributed by atoms with Crippen LogP contribution in [0.5, 0.6) is 0 Å². The van der Waals surface area contributed by atoms with Gasteiger partial charge in [-0.3, -0.25) is 0 Å². The van der Waals surface area contributed by atoms with Crippen molar-refractivity contribution < 1.29 is 5.11 Å². The van der Waals surface area contributed by atoms with Gasteiger partial charge in [0.2, 0.25) is 0 Å². The van der Waals surface area contributed by atoms with Gasteiger partial charge in [0, 0.05) is 6.42 Å². The maximum absolute atomic E-state index is 9.67. The summed E-state index contributed by atoms with van der Waals surface area (Å²) in [5.41, 5.74) is 0. The number of allylic oxidation sites excluding steroid dienone is 3. The van der Waals surface area contributed by atoms with E-state index in [1.165, 1.54) is 44.9 Å². The van der Waals surface area contributed by atoms with Crippen LogP contribution < -0.4 is 0 Å². The molecule has 0 saturated heterocycles. The fraction of sp³-hybridized carbons (Fsp3) is 0.700. The van der Waals surface area contributed by atoms with E-state index in [2.05, 4.69) is 37.8 Å². The van der Waals surface area contributed by atoms with Gasteiger partial charge in [0.15, 0.2) is 0 Å². The molecule has 0 aliphatic rings. The van der Waals surface area contributed by atoms with Crippen molar-refractivity contribution in [2.24, 2.45) is 0 Å². The summed E-state index contributed by atoms with van der Waals surface area (Å²) in [7, 11) is 0. The van der Waals surface area contributed by atoms with Crippen LogP contribution in [0.3, 0.4) is 0 Å². The van der Waals surface area contributed by atoms with Crippen LogP contribution in [0.1, 0.15) is 84.5 Å². The number of hydrogen-bond donors (Lipinski definition) is 1. The molecule has 0 bridgehead atoms. The summed E-state index contributed by atoms with van der Waals surface area (Å²) in [6.45, 7) is 4.40. The summed E-state index contributed by atoms with van der Waals surface area (Å²) < 4.78 is 0. The molecule has 0 spiro atoms. The lowest BCUT2D eigenvalue weighted by molar-refractivity contribution is 0.208. The zero-order chi connectivity index (χ0) is 15.6. The predicted molar refractivity (Wildman–Crippen MR) is 94.2 cm³/mol. The lowest BCUT2D eigenvalue weighted by Crippen LogP contribution is -2.00. The minimum Gasteiger partial charge on any atom is -0.389 e. The topological polar surface area (TPSA) is 20.2 Å². The molecule has 0 aromatic rings. The molecule has 0 rings (SSSR count). The van der Waals surface area contributed by atoms with E-state index in [1.807, 2.05) is 6.08 Å². The Kier molecular flexibility index (Phi) is 16.2. The largest absolute Gasteiger partial charge is 0.389 e. The van der Waals surface area contributed by atoms with Crippen LogP contribution in [0.2, 0.25) is 0 Å². The fourth-order valence-electron chi connectivity index (χ4n) is 2.02. The summed E-state index contributed by atoms with van der Waals surface area (Å²) in [5, 5.41) is 9.67. The van der Waals surface area contributed by atoms with Gasteiger partial charge in [-0.15, -0.1) is 0 Å². The van der Waals surface area contributed by atoms with E-state index >= 15 is 0 Å². The van der Waals surface area contributed by atoms with Gasteiger partial charge in [-0.05, 0) is 44.3 Å². The fourth-order valence-corrected chi connectivity index (χ4v) is 2.02. The number of hydrogen-bond acceptors (Lipinski definition) is 1. The van der Waals surface area contributed by atoms with Gasteiger partial charge in [0.25, 0.3) is 0 Å². The van der Waals surface area contributed by atoms with Gasteiger partial charge in [0.05, 0.1) is 6.10 Å². The summed E-state index contributed by atoms with van der Waals surface area (Å²) in [5.74, 6) is 6.16. The maximum atomic E-state index is 9.67. The number of aliphatic hydroxyl groups is 1. The van der Waals surface area contributed by atoms with Crippen LogP contribution in [0.4, 0.5) is 0 Å². The van der Waals surface area contributed by atoms with Gasteiger partial charge in [0.1, 0.15) is 0 Å². The molecule has 1 N–H and O–H groups in total. The smallest absolute Gasteiger partial charge is 0.0730 e. The Bertz CT molecular complexity index is 316.